The van der Waals surface area contributed by atoms with Crippen LogP contribution in [0.5, 0.6) is 0 Å². The summed E-state index contributed by atoms with van der Waals surface area (Å²) in [5, 5.41) is 140. The number of rotatable bonds is 59. The molecule has 0 N–H and O–H groups in total. The van der Waals surface area contributed by atoms with Crippen molar-refractivity contribution in [1.82, 2.24) is 0 Å². The molecule has 8 atom stereocenters. The van der Waals surface area contributed by atoms with Gasteiger partial charge in [-0.1, -0.05) is 84.0 Å². The highest BCUT2D eigenvalue weighted by Crippen LogP contribution is 2.59. The van der Waals surface area contributed by atoms with Crippen molar-refractivity contribution in [2.45, 2.75) is 183 Å². The zero-order valence-corrected chi connectivity index (χ0v) is 87.1. The van der Waals surface area contributed by atoms with E-state index in [-0.39, 0.29) is 195 Å². The summed E-state index contributed by atoms with van der Waals surface area (Å²) in [6, 6.07) is 38.4. The molecule has 8 unspecified atom stereocenters. The Hall–Kier alpha value is -8.24. The molecule has 0 heterocycles. The molecule has 0 fully saturated rings. The lowest BCUT2D eigenvalue weighted by molar-refractivity contribution is 0.539. The molecule has 0 spiro atoms. The maximum Gasteiger partial charge on any atom is 0.245 e. The van der Waals surface area contributed by atoms with Crippen molar-refractivity contribution >= 4 is 96.6 Å². The summed E-state index contributed by atoms with van der Waals surface area (Å²) in [4.78, 5) is 3.06. The van der Waals surface area contributed by atoms with E-state index in [0.29, 0.717) is 97.7 Å². The Morgan fingerprint density at radius 1 is 0.262 bits per heavy atom. The van der Waals surface area contributed by atoms with E-state index in [9.17, 15) is 59.0 Å². The third-order valence-corrected chi connectivity index (χ3v) is 53.7. The molecular weight excluding hydrogens is 1880 g/mol. The van der Waals surface area contributed by atoms with Crippen LogP contribution in [0.4, 0.5) is 4.20 Å². The van der Waals surface area contributed by atoms with Crippen LogP contribution in [0.2, 0.25) is 0 Å². The SMILES string of the molecule is CCCP(=O)(/C=C/CP(=O)(C/C=C/P(=O)(CCC#N)CCC#N)CCC#N)CCC#N.CCCP(=O)(/C=C/P(=O)(CCC#N)CCC#N)CCC#N.CCCP(=O)(C#CP(=O)(CCC#N)CCC#N)CCC#N.CCCP(=O)(CCC#N)CCP(=O)(F)CCC#N.CCCP(=O)(CCC#N)c1ccc(P(=O)(CCC#N)CCC#N)cc1.[C-]#[N+]/C=C/CP(=O)(CCC)CCC#N. The van der Waals surface area contributed by atoms with Crippen LogP contribution in [-0.2, 0) is 54.8 Å². The monoisotopic (exact) mass is 2010 g/mol. The lowest BCUT2D eigenvalue weighted by Crippen LogP contribution is -2.16. The van der Waals surface area contributed by atoms with Gasteiger partial charge in [0, 0.05) is 280 Å². The number of benzene rings is 1. The summed E-state index contributed by atoms with van der Waals surface area (Å²) < 4.78 is 166. The molecule has 0 aliphatic heterocycles. The predicted molar refractivity (Wildman–Crippen MR) is 526 cm³/mol. The highest BCUT2D eigenvalue weighted by atomic mass is 31.2. The fraction of sp³-hybridized carbons (Fsp3) is 0.625. The molecule has 704 valence electrons. The van der Waals surface area contributed by atoms with Gasteiger partial charge in [0.25, 0.3) is 0 Å². The lowest BCUT2D eigenvalue weighted by Gasteiger charge is -2.20. The van der Waals surface area contributed by atoms with Crippen molar-refractivity contribution in [3.8, 4) is 108 Å². The number of hydrogen-bond donors (Lipinski definition) is 0. The summed E-state index contributed by atoms with van der Waals surface area (Å²) in [5.41, 5.74) is 5.29. The first-order valence-electron chi connectivity index (χ1n) is 42.9. The quantitative estimate of drug-likeness (QED) is 0.0332. The van der Waals surface area contributed by atoms with Gasteiger partial charge in [0.2, 0.25) is 7.45 Å². The van der Waals surface area contributed by atoms with E-state index in [1.54, 1.807) is 54.4 Å². The Bertz CT molecular complexity index is 5160. The normalized spacial score (nSPS) is 14.5. The minimum atomic E-state index is -3.84. The Balaban J connectivity index is -0.000000488. The van der Waals surface area contributed by atoms with Crippen molar-refractivity contribution < 1.29 is 59.0 Å². The number of nitriles is 16. The Morgan fingerprint density at radius 3 is 0.815 bits per heavy atom. The zero-order chi connectivity index (χ0) is 99.7. The molecule has 1 rings (SSSR count). The first kappa shape index (κ1) is 130. The Morgan fingerprint density at radius 2 is 0.500 bits per heavy atom. The number of hydrogen-bond acceptors (Lipinski definition) is 28. The highest BCUT2D eigenvalue weighted by Gasteiger charge is 2.32. The summed E-state index contributed by atoms with van der Waals surface area (Å²) in [7, 11) is -33.6. The van der Waals surface area contributed by atoms with Crippen LogP contribution in [0.1, 0.15) is 183 Å². The Kier molecular flexibility index (Phi) is 77.4. The highest BCUT2D eigenvalue weighted by molar-refractivity contribution is 7.74. The Labute approximate surface area is 775 Å². The standard InChI is InChI=1S/C21H31N4O3P3.C18H23N3O2P2.C14H21N3O2P2.C14H19N3O2P2.C11H19FN2O2P2.C10H15N2OP/c1-2-13-29(26,14-3-9-22)18-7-20-31(28,17-6-12-25)21-8-19-30(27,15-4-10-23)16-5-11-24;1-2-13-24(22,14-3-10-19)17-6-8-18(9-7-17)25(23,15-4-11-20)16-5-12-21;2*1-2-9-20(18,10-3-6-15)13-14-21(19,11-4-7-16)12-5-8-17;1-2-7-17(15,8-3-5-13)10-11-18(12,16)9-4-6-14;1-3-8-14(13,9-4-6-11)10-5-7-12-2/h7-8,18-19H,2-6,13-17,20-21H2,1H3;6-9H,2-5,13-16H2,1H3;13-14H,2-5,9-12H2,1H3;2-5,9-12H2,1H3;2-4,7-11H2,1H3;5,7H,3-4,8-10H2,1H3/b18-7+,19-8+;;14-13+;;;7-5+. The van der Waals surface area contributed by atoms with Crippen molar-refractivity contribution in [2.75, 3.05) is 166 Å². The molecule has 0 saturated heterocycles. The first-order valence-corrected chi connectivity index (χ1v) is 68.6. The van der Waals surface area contributed by atoms with E-state index in [2.05, 4.69) is 22.2 Å². The average molecular weight is 2010 g/mol. The van der Waals surface area contributed by atoms with Gasteiger partial charge in [-0.2, -0.15) is 88.4 Å². The van der Waals surface area contributed by atoms with Gasteiger partial charge < -0.3 is 50.2 Å². The van der Waals surface area contributed by atoms with Gasteiger partial charge in [0.1, 0.15) is 42.9 Å². The van der Waals surface area contributed by atoms with Crippen molar-refractivity contribution in [3.05, 3.63) is 83.4 Å². The summed E-state index contributed by atoms with van der Waals surface area (Å²) in [6.07, 6.45) is 20.4. The molecule has 0 saturated carbocycles. The van der Waals surface area contributed by atoms with Gasteiger partial charge in [-0.05, 0) is 73.1 Å². The second kappa shape index (κ2) is 77.2. The van der Waals surface area contributed by atoms with E-state index < -0.39 is 86.0 Å². The minimum absolute atomic E-state index is 0.0793. The van der Waals surface area contributed by atoms with Crippen molar-refractivity contribution in [2.24, 2.45) is 0 Å². The maximum absolute atomic E-state index is 13.6. The first-order chi connectivity index (χ1) is 61.6. The number of halogens is 1. The largest absolute Gasteiger partial charge is 0.324 e. The lowest BCUT2D eigenvalue weighted by atomic mass is 10.4. The second-order valence-electron chi connectivity index (χ2n) is 30.1. The molecule has 1 aromatic carbocycles. The third-order valence-electron chi connectivity index (χ3n) is 19.2. The summed E-state index contributed by atoms with van der Waals surface area (Å²) in [5.74, 6) is 6.12. The third kappa shape index (κ3) is 65.4. The maximum atomic E-state index is 13.6. The van der Waals surface area contributed by atoms with Crippen molar-refractivity contribution in [3.63, 3.8) is 0 Å². The predicted octanol–water partition coefficient (Wildman–Crippen LogP) is 25.0. The van der Waals surface area contributed by atoms with Crippen LogP contribution in [0.15, 0.2) is 72.0 Å². The molecule has 0 aromatic heterocycles. The van der Waals surface area contributed by atoms with E-state index in [1.165, 1.54) is 23.7 Å². The van der Waals surface area contributed by atoms with E-state index in [4.69, 9.17) is 90.8 Å². The number of nitrogens with zero attached hydrogens (tertiary/aromatic N) is 17. The van der Waals surface area contributed by atoms with Gasteiger partial charge in [0.05, 0.1) is 125 Å². The molecular formula is C88H128FN17O12P12. The molecule has 0 amide bonds. The van der Waals surface area contributed by atoms with Gasteiger partial charge in [0.15, 0.2) is 20.5 Å². The van der Waals surface area contributed by atoms with Crippen LogP contribution in [0.25, 0.3) is 4.85 Å². The fourth-order valence-corrected chi connectivity index (χ4v) is 41.1. The van der Waals surface area contributed by atoms with Crippen LogP contribution in [0, 0.1) is 199 Å². The van der Waals surface area contributed by atoms with Crippen LogP contribution in [-0.4, -0.2) is 166 Å². The average Bonchev–Trinajstić information content (AvgIpc) is 0.799. The molecule has 0 radical (unpaired) electrons. The summed E-state index contributed by atoms with van der Waals surface area (Å²) >= 11 is 0. The molecule has 0 aliphatic rings. The summed E-state index contributed by atoms with van der Waals surface area (Å²) in [6.45, 7) is 18.1. The van der Waals surface area contributed by atoms with E-state index in [0.717, 1.165) is 25.7 Å². The van der Waals surface area contributed by atoms with Crippen LogP contribution < -0.4 is 10.6 Å². The van der Waals surface area contributed by atoms with Crippen LogP contribution in [0.3, 0.4) is 0 Å². The van der Waals surface area contributed by atoms with Gasteiger partial charge in [-0.25, -0.2) is 4.85 Å². The molecule has 0 bridgehead atoms. The molecule has 0 aliphatic carbocycles. The molecule has 1 aromatic rings. The number of allylic oxidation sites excluding steroid dienone is 3. The van der Waals surface area contributed by atoms with Gasteiger partial charge in [-0.3, -0.25) is 4.57 Å². The molecule has 130 heavy (non-hydrogen) atoms. The molecule has 42 heteroatoms. The van der Waals surface area contributed by atoms with Gasteiger partial charge >= 0.3 is 0 Å². The second-order valence-corrected chi connectivity index (χ2v) is 67.3. The van der Waals surface area contributed by atoms with E-state index in [1.807, 2.05) is 127 Å². The van der Waals surface area contributed by atoms with E-state index >= 15 is 0 Å². The zero-order valence-electron chi connectivity index (χ0n) is 76.3. The topological polar surface area (TPSA) is 590 Å². The van der Waals surface area contributed by atoms with Gasteiger partial charge in [-0.15, -0.1) is 0 Å². The van der Waals surface area contributed by atoms with Crippen LogP contribution >= 0.6 is 86.0 Å². The molecule has 29 nitrogen and oxygen atoms in total. The van der Waals surface area contributed by atoms with Crippen molar-refractivity contribution in [1.29, 1.82) is 84.2 Å². The fourth-order valence-electron chi connectivity index (χ4n) is 12.2. The minimum Gasteiger partial charge on any atom is -0.324 e. The smallest absolute Gasteiger partial charge is 0.245 e.